The third kappa shape index (κ3) is 4.03. The molecule has 1 atom stereocenters. The van der Waals surface area contributed by atoms with Gasteiger partial charge in [-0.3, -0.25) is 4.79 Å². The number of aliphatic hydroxyl groups is 1. The largest absolute Gasteiger partial charge is 0.389 e. The predicted molar refractivity (Wildman–Crippen MR) is 103 cm³/mol. The van der Waals surface area contributed by atoms with E-state index < -0.39 is 6.10 Å². The molecule has 2 aromatic rings. The number of aromatic nitrogens is 1. The molecule has 0 bridgehead atoms. The number of aliphatic hydroxyl groups excluding tert-OH is 1. The van der Waals surface area contributed by atoms with Gasteiger partial charge in [0.2, 0.25) is 0 Å². The topological polar surface area (TPSA) is 60.8 Å². The van der Waals surface area contributed by atoms with Crippen LogP contribution in [-0.4, -0.2) is 47.1 Å². The summed E-state index contributed by atoms with van der Waals surface area (Å²) in [5.41, 5.74) is 3.50. The van der Waals surface area contributed by atoms with E-state index in [9.17, 15) is 14.3 Å². The van der Waals surface area contributed by atoms with Crippen molar-refractivity contribution in [2.75, 3.05) is 26.2 Å². The van der Waals surface area contributed by atoms with Crippen LogP contribution in [0.2, 0.25) is 5.02 Å². The first-order valence-electron chi connectivity index (χ1n) is 9.22. The first-order valence-corrected chi connectivity index (χ1v) is 9.60. The maximum atomic E-state index is 14.0. The normalized spacial score (nSPS) is 16.6. The summed E-state index contributed by atoms with van der Waals surface area (Å²) in [6.07, 6.45) is -0.616. The number of quaternary nitrogens is 1. The molecule has 1 fully saturated rings. The second kappa shape index (κ2) is 8.00. The van der Waals surface area contributed by atoms with Crippen LogP contribution in [0, 0.1) is 19.7 Å². The van der Waals surface area contributed by atoms with Gasteiger partial charge in [-0.15, -0.1) is 0 Å². The number of carbonyl (C=O) groups excluding carboxylic acids is 1. The van der Waals surface area contributed by atoms with Crippen molar-refractivity contribution >= 4 is 17.5 Å². The van der Waals surface area contributed by atoms with E-state index >= 15 is 0 Å². The zero-order chi connectivity index (χ0) is 19.7. The smallest absolute Gasteiger partial charge is 0.270 e. The van der Waals surface area contributed by atoms with Gasteiger partial charge in [-0.25, -0.2) is 4.39 Å². The molecule has 1 aromatic heterocycles. The van der Waals surface area contributed by atoms with E-state index in [4.69, 9.17) is 11.6 Å². The number of rotatable bonds is 4. The van der Waals surface area contributed by atoms with Crippen molar-refractivity contribution in [3.63, 3.8) is 0 Å². The third-order valence-corrected chi connectivity index (χ3v) is 5.73. The van der Waals surface area contributed by atoms with Crippen LogP contribution in [0.15, 0.2) is 18.2 Å². The molecule has 146 valence electrons. The molecular formula is C20H26ClFN3O2+. The van der Waals surface area contributed by atoms with Crippen molar-refractivity contribution in [3.8, 4) is 0 Å². The van der Waals surface area contributed by atoms with Crippen molar-refractivity contribution in [2.45, 2.75) is 33.4 Å². The number of amides is 1. The number of halogens is 2. The molecule has 27 heavy (non-hydrogen) atoms. The molecular weight excluding hydrogens is 369 g/mol. The highest BCUT2D eigenvalue weighted by molar-refractivity contribution is 6.31. The molecule has 1 aliphatic rings. The van der Waals surface area contributed by atoms with Crippen LogP contribution in [0.3, 0.4) is 0 Å². The van der Waals surface area contributed by atoms with Crippen molar-refractivity contribution in [1.29, 1.82) is 0 Å². The highest BCUT2D eigenvalue weighted by atomic mass is 35.5. The minimum atomic E-state index is -0.616. The minimum absolute atomic E-state index is 0.0505. The third-order valence-electron chi connectivity index (χ3n) is 5.37. The number of hydrogen-bond donors (Lipinski definition) is 3. The van der Waals surface area contributed by atoms with Crippen LogP contribution in [0.4, 0.5) is 4.39 Å². The van der Waals surface area contributed by atoms with Crippen LogP contribution in [0.25, 0.3) is 0 Å². The summed E-state index contributed by atoms with van der Waals surface area (Å²) in [5, 5.41) is 10.4. The molecule has 1 amide bonds. The quantitative estimate of drug-likeness (QED) is 0.743. The van der Waals surface area contributed by atoms with Crippen LogP contribution >= 0.6 is 11.6 Å². The maximum Gasteiger partial charge on any atom is 0.270 e. The number of piperazine rings is 1. The number of H-pyrrole nitrogens is 1. The van der Waals surface area contributed by atoms with Crippen molar-refractivity contribution in [1.82, 2.24) is 9.88 Å². The molecule has 5 nitrogen and oxygen atoms in total. The first kappa shape index (κ1) is 19.9. The van der Waals surface area contributed by atoms with E-state index in [-0.39, 0.29) is 11.7 Å². The lowest BCUT2D eigenvalue weighted by Crippen LogP contribution is -3.13. The zero-order valence-electron chi connectivity index (χ0n) is 15.9. The lowest BCUT2D eigenvalue weighted by Gasteiger charge is -2.32. The van der Waals surface area contributed by atoms with Gasteiger partial charge in [-0.2, -0.15) is 0 Å². The Labute approximate surface area is 163 Å². The average molecular weight is 395 g/mol. The second-order valence-electron chi connectivity index (χ2n) is 7.26. The predicted octanol–water partition coefficient (Wildman–Crippen LogP) is 2.02. The molecule has 3 rings (SSSR count). The van der Waals surface area contributed by atoms with Gasteiger partial charge in [0.05, 0.1) is 42.9 Å². The highest BCUT2D eigenvalue weighted by Gasteiger charge is 2.29. The molecule has 0 spiro atoms. The molecule has 1 aliphatic heterocycles. The molecule has 0 aliphatic carbocycles. The highest BCUT2D eigenvalue weighted by Crippen LogP contribution is 2.25. The lowest BCUT2D eigenvalue weighted by molar-refractivity contribution is -0.917. The molecule has 1 aromatic carbocycles. The summed E-state index contributed by atoms with van der Waals surface area (Å²) in [4.78, 5) is 19.1. The van der Waals surface area contributed by atoms with Gasteiger partial charge in [-0.1, -0.05) is 17.7 Å². The van der Waals surface area contributed by atoms with Gasteiger partial charge < -0.3 is 19.9 Å². The standard InChI is InChI=1S/C20H25ClFN3O2/c1-12-18(14(3)26)13(2)23-19(12)20(27)25-9-7-24(8-10-25)11-15-16(21)5-4-6-17(15)22/h4-6,14,23,26H,7-11H2,1-3H3/p+1/t14-/m0/s1. The Morgan fingerprint density at radius 1 is 1.37 bits per heavy atom. The molecule has 0 saturated carbocycles. The summed E-state index contributed by atoms with van der Waals surface area (Å²) in [6.45, 7) is 8.61. The molecule has 7 heteroatoms. The monoisotopic (exact) mass is 394 g/mol. The Morgan fingerprint density at radius 3 is 2.59 bits per heavy atom. The number of aromatic amines is 1. The number of benzene rings is 1. The molecule has 0 unspecified atom stereocenters. The summed E-state index contributed by atoms with van der Waals surface area (Å²) in [6, 6.07) is 4.74. The SMILES string of the molecule is Cc1[nH]c(C(=O)N2CC[NH+](Cc3c(F)cccc3Cl)CC2)c(C)c1[C@H](C)O. The molecule has 2 heterocycles. The van der Waals surface area contributed by atoms with Crippen molar-refractivity contribution < 1.29 is 19.2 Å². The van der Waals surface area contributed by atoms with Gasteiger partial charge in [0.1, 0.15) is 18.1 Å². The van der Waals surface area contributed by atoms with Gasteiger partial charge >= 0.3 is 0 Å². The lowest BCUT2D eigenvalue weighted by atomic mass is 10.1. The minimum Gasteiger partial charge on any atom is -0.389 e. The van der Waals surface area contributed by atoms with E-state index in [0.717, 1.165) is 29.9 Å². The Morgan fingerprint density at radius 2 is 2.04 bits per heavy atom. The maximum absolute atomic E-state index is 14.0. The summed E-state index contributed by atoms with van der Waals surface area (Å²) in [7, 11) is 0. The fourth-order valence-electron chi connectivity index (χ4n) is 3.92. The Kier molecular flexibility index (Phi) is 5.89. The van der Waals surface area contributed by atoms with Crippen LogP contribution < -0.4 is 4.90 Å². The summed E-state index contributed by atoms with van der Waals surface area (Å²) < 4.78 is 14.0. The molecule has 0 radical (unpaired) electrons. The average Bonchev–Trinajstić information content (AvgIpc) is 2.92. The number of nitrogens with one attached hydrogen (secondary N) is 2. The first-order chi connectivity index (χ1) is 12.8. The second-order valence-corrected chi connectivity index (χ2v) is 7.67. The number of carbonyl (C=O) groups is 1. The van der Waals surface area contributed by atoms with Crippen LogP contribution in [-0.2, 0) is 6.54 Å². The van der Waals surface area contributed by atoms with Gasteiger partial charge in [-0.05, 0) is 38.5 Å². The van der Waals surface area contributed by atoms with E-state index in [1.165, 1.54) is 11.0 Å². The number of hydrogen-bond acceptors (Lipinski definition) is 2. The van der Waals surface area contributed by atoms with Gasteiger partial charge in [0, 0.05) is 11.3 Å². The molecule has 3 N–H and O–H groups in total. The van der Waals surface area contributed by atoms with Crippen LogP contribution in [0.5, 0.6) is 0 Å². The van der Waals surface area contributed by atoms with E-state index in [2.05, 4.69) is 4.98 Å². The van der Waals surface area contributed by atoms with Gasteiger partial charge in [0.15, 0.2) is 0 Å². The number of nitrogens with zero attached hydrogens (tertiary/aromatic N) is 1. The van der Waals surface area contributed by atoms with E-state index in [1.807, 2.05) is 18.7 Å². The summed E-state index contributed by atoms with van der Waals surface area (Å²) >= 11 is 6.13. The van der Waals surface area contributed by atoms with Crippen LogP contribution in [0.1, 0.15) is 45.9 Å². The molecule has 1 saturated heterocycles. The van der Waals surface area contributed by atoms with Gasteiger partial charge in [0.25, 0.3) is 5.91 Å². The summed E-state index contributed by atoms with van der Waals surface area (Å²) in [5.74, 6) is -0.331. The Bertz CT molecular complexity index is 822. The van der Waals surface area contributed by atoms with Crippen molar-refractivity contribution in [3.05, 3.63) is 57.1 Å². The van der Waals surface area contributed by atoms with Crippen molar-refractivity contribution in [2.24, 2.45) is 0 Å². The Hall–Kier alpha value is -1.89. The fourth-order valence-corrected chi connectivity index (χ4v) is 4.15. The van der Waals surface area contributed by atoms with E-state index in [0.29, 0.717) is 35.9 Å². The Balaban J connectivity index is 1.66. The van der Waals surface area contributed by atoms with E-state index in [1.54, 1.807) is 19.1 Å². The zero-order valence-corrected chi connectivity index (χ0v) is 16.7. The number of aryl methyl sites for hydroxylation is 1. The fraction of sp³-hybridized carbons (Fsp3) is 0.450.